The standard InChI is InChI=1S/C13H24N4O2S/c1-2-16-10-13(15-11-16)20(18,19)17(9-5-8-14)12-6-3-4-7-12/h10-12H,2-9,14H2,1H3. The summed E-state index contributed by atoms with van der Waals surface area (Å²) < 4.78 is 28.9. The Kier molecular flexibility index (Phi) is 5.17. The Labute approximate surface area is 121 Å². The summed E-state index contributed by atoms with van der Waals surface area (Å²) in [6, 6.07) is 0.110. The lowest BCUT2D eigenvalue weighted by molar-refractivity contribution is 0.319. The Bertz CT molecular complexity index is 520. The minimum atomic E-state index is -3.50. The van der Waals surface area contributed by atoms with E-state index in [1.807, 2.05) is 6.92 Å². The predicted octanol–water partition coefficient (Wildman–Crippen LogP) is 1.19. The molecule has 114 valence electrons. The van der Waals surface area contributed by atoms with Gasteiger partial charge in [0.15, 0.2) is 5.03 Å². The molecule has 1 aromatic rings. The molecule has 20 heavy (non-hydrogen) atoms. The highest BCUT2D eigenvalue weighted by Gasteiger charge is 2.34. The van der Waals surface area contributed by atoms with Gasteiger partial charge in [-0.1, -0.05) is 12.8 Å². The number of aryl methyl sites for hydroxylation is 1. The molecule has 6 nitrogen and oxygen atoms in total. The van der Waals surface area contributed by atoms with E-state index in [9.17, 15) is 8.42 Å². The molecule has 0 bridgehead atoms. The van der Waals surface area contributed by atoms with E-state index in [-0.39, 0.29) is 11.1 Å². The summed E-state index contributed by atoms with van der Waals surface area (Å²) in [5, 5.41) is 0.156. The fraction of sp³-hybridized carbons (Fsp3) is 0.769. The first-order valence-corrected chi connectivity index (χ1v) is 8.77. The van der Waals surface area contributed by atoms with Gasteiger partial charge in [-0.15, -0.1) is 0 Å². The van der Waals surface area contributed by atoms with Gasteiger partial charge >= 0.3 is 0 Å². The minimum Gasteiger partial charge on any atom is -0.336 e. The second-order valence-electron chi connectivity index (χ2n) is 5.24. The van der Waals surface area contributed by atoms with Crippen molar-refractivity contribution in [1.82, 2.24) is 13.9 Å². The number of nitrogens with zero attached hydrogens (tertiary/aromatic N) is 3. The van der Waals surface area contributed by atoms with Crippen LogP contribution in [0.5, 0.6) is 0 Å². The molecule has 1 fully saturated rings. The zero-order valence-corrected chi connectivity index (χ0v) is 12.8. The van der Waals surface area contributed by atoms with E-state index < -0.39 is 10.0 Å². The third kappa shape index (κ3) is 3.21. The normalized spacial score (nSPS) is 17.1. The van der Waals surface area contributed by atoms with Crippen molar-refractivity contribution in [1.29, 1.82) is 0 Å². The molecule has 1 aliphatic carbocycles. The second kappa shape index (κ2) is 6.69. The summed E-state index contributed by atoms with van der Waals surface area (Å²) in [5.74, 6) is 0. The SMILES string of the molecule is CCn1cnc(S(=O)(=O)N(CCCN)C2CCCC2)c1. The average molecular weight is 300 g/mol. The van der Waals surface area contributed by atoms with E-state index in [0.29, 0.717) is 19.5 Å². The molecule has 2 N–H and O–H groups in total. The highest BCUT2D eigenvalue weighted by atomic mass is 32.2. The van der Waals surface area contributed by atoms with Crippen molar-refractivity contribution < 1.29 is 8.42 Å². The first kappa shape index (κ1) is 15.5. The van der Waals surface area contributed by atoms with Crippen LogP contribution in [0.15, 0.2) is 17.6 Å². The van der Waals surface area contributed by atoms with Crippen molar-refractivity contribution in [2.24, 2.45) is 5.73 Å². The third-order valence-electron chi connectivity index (χ3n) is 3.86. The van der Waals surface area contributed by atoms with Crippen LogP contribution in [-0.2, 0) is 16.6 Å². The Morgan fingerprint density at radius 1 is 1.45 bits per heavy atom. The average Bonchev–Trinajstić information content (AvgIpc) is 3.10. The maximum atomic E-state index is 12.8. The minimum absolute atomic E-state index is 0.110. The lowest BCUT2D eigenvalue weighted by atomic mass is 10.2. The molecular weight excluding hydrogens is 276 g/mol. The van der Waals surface area contributed by atoms with E-state index in [1.165, 1.54) is 0 Å². The molecule has 0 aliphatic heterocycles. The zero-order valence-electron chi connectivity index (χ0n) is 12.0. The number of sulfonamides is 1. The maximum Gasteiger partial charge on any atom is 0.262 e. The van der Waals surface area contributed by atoms with Crippen LogP contribution in [0.2, 0.25) is 0 Å². The molecule has 0 aromatic carbocycles. The smallest absolute Gasteiger partial charge is 0.262 e. The van der Waals surface area contributed by atoms with Crippen LogP contribution in [0.1, 0.15) is 39.0 Å². The van der Waals surface area contributed by atoms with Gasteiger partial charge in [0, 0.05) is 25.3 Å². The van der Waals surface area contributed by atoms with Crippen LogP contribution in [0.3, 0.4) is 0 Å². The van der Waals surface area contributed by atoms with Crippen molar-refractivity contribution in [3.63, 3.8) is 0 Å². The van der Waals surface area contributed by atoms with Gasteiger partial charge in [-0.05, 0) is 32.7 Å². The van der Waals surface area contributed by atoms with Gasteiger partial charge in [0.25, 0.3) is 10.0 Å². The van der Waals surface area contributed by atoms with Gasteiger partial charge < -0.3 is 10.3 Å². The van der Waals surface area contributed by atoms with Crippen LogP contribution in [0.25, 0.3) is 0 Å². The molecule has 1 aromatic heterocycles. The van der Waals surface area contributed by atoms with E-state index in [0.717, 1.165) is 32.2 Å². The van der Waals surface area contributed by atoms with Crippen molar-refractivity contribution in [3.8, 4) is 0 Å². The number of aromatic nitrogens is 2. The van der Waals surface area contributed by atoms with Gasteiger partial charge in [-0.2, -0.15) is 4.31 Å². The first-order chi connectivity index (χ1) is 9.59. The molecule has 0 amide bonds. The molecule has 1 aliphatic rings. The number of hydrogen-bond donors (Lipinski definition) is 1. The quantitative estimate of drug-likeness (QED) is 0.820. The Morgan fingerprint density at radius 2 is 2.15 bits per heavy atom. The summed E-state index contributed by atoms with van der Waals surface area (Å²) in [6.07, 6.45) is 7.95. The number of hydrogen-bond acceptors (Lipinski definition) is 4. The highest BCUT2D eigenvalue weighted by molar-refractivity contribution is 7.89. The Hall–Kier alpha value is -0.920. The first-order valence-electron chi connectivity index (χ1n) is 7.33. The Morgan fingerprint density at radius 3 is 2.70 bits per heavy atom. The lowest BCUT2D eigenvalue weighted by Crippen LogP contribution is -2.40. The number of imidazole rings is 1. The van der Waals surface area contributed by atoms with Crippen molar-refractivity contribution >= 4 is 10.0 Å². The van der Waals surface area contributed by atoms with Crippen LogP contribution >= 0.6 is 0 Å². The summed E-state index contributed by atoms with van der Waals surface area (Å²) in [4.78, 5) is 4.06. The largest absolute Gasteiger partial charge is 0.336 e. The predicted molar refractivity (Wildman–Crippen MR) is 77.7 cm³/mol. The van der Waals surface area contributed by atoms with E-state index in [2.05, 4.69) is 4.98 Å². The Balaban J connectivity index is 2.24. The summed E-state index contributed by atoms with van der Waals surface area (Å²) >= 11 is 0. The van der Waals surface area contributed by atoms with E-state index in [4.69, 9.17) is 5.73 Å². The highest BCUT2D eigenvalue weighted by Crippen LogP contribution is 2.28. The van der Waals surface area contributed by atoms with Gasteiger partial charge in [-0.25, -0.2) is 13.4 Å². The molecule has 0 unspecified atom stereocenters. The van der Waals surface area contributed by atoms with Gasteiger partial charge in [0.2, 0.25) is 0 Å². The van der Waals surface area contributed by atoms with Gasteiger partial charge in [0.1, 0.15) is 0 Å². The second-order valence-corrected chi connectivity index (χ2v) is 7.08. The molecule has 1 saturated carbocycles. The molecule has 0 saturated heterocycles. The topological polar surface area (TPSA) is 81.2 Å². The molecule has 7 heteroatoms. The van der Waals surface area contributed by atoms with Crippen molar-refractivity contribution in [3.05, 3.63) is 12.5 Å². The van der Waals surface area contributed by atoms with Crippen LogP contribution in [0.4, 0.5) is 0 Å². The van der Waals surface area contributed by atoms with Crippen LogP contribution in [-0.4, -0.2) is 41.4 Å². The zero-order chi connectivity index (χ0) is 14.6. The van der Waals surface area contributed by atoms with E-state index >= 15 is 0 Å². The maximum absolute atomic E-state index is 12.8. The molecule has 1 heterocycles. The van der Waals surface area contributed by atoms with Gasteiger partial charge in [-0.3, -0.25) is 0 Å². The fourth-order valence-electron chi connectivity index (χ4n) is 2.70. The summed E-state index contributed by atoms with van der Waals surface area (Å²) in [5.41, 5.74) is 5.54. The lowest BCUT2D eigenvalue weighted by Gasteiger charge is -2.27. The molecule has 0 radical (unpaired) electrons. The van der Waals surface area contributed by atoms with Crippen LogP contribution in [0, 0.1) is 0 Å². The third-order valence-corrected chi connectivity index (χ3v) is 5.70. The summed E-state index contributed by atoms with van der Waals surface area (Å²) in [6.45, 7) is 3.67. The number of rotatable bonds is 7. The molecule has 0 spiro atoms. The fourth-order valence-corrected chi connectivity index (χ4v) is 4.37. The van der Waals surface area contributed by atoms with Gasteiger partial charge in [0.05, 0.1) is 6.33 Å². The van der Waals surface area contributed by atoms with Crippen molar-refractivity contribution in [2.75, 3.05) is 13.1 Å². The monoisotopic (exact) mass is 300 g/mol. The molecule has 0 atom stereocenters. The number of nitrogens with two attached hydrogens (primary N) is 1. The molecule has 2 rings (SSSR count). The van der Waals surface area contributed by atoms with Crippen molar-refractivity contribution in [2.45, 2.75) is 56.6 Å². The molecular formula is C13H24N4O2S. The van der Waals surface area contributed by atoms with Crippen LogP contribution < -0.4 is 5.73 Å². The summed E-state index contributed by atoms with van der Waals surface area (Å²) in [7, 11) is -3.50. The van der Waals surface area contributed by atoms with E-state index in [1.54, 1.807) is 21.4 Å².